The summed E-state index contributed by atoms with van der Waals surface area (Å²) in [5.74, 6) is 1.78. The van der Waals surface area contributed by atoms with Crippen LogP contribution in [0.2, 0.25) is 0 Å². The first kappa shape index (κ1) is 14.4. The Kier molecular flexibility index (Phi) is 4.90. The molecule has 0 heterocycles. The number of hydrogen-bond donors (Lipinski definition) is 1. The summed E-state index contributed by atoms with van der Waals surface area (Å²) in [5, 5.41) is 10.4. The van der Waals surface area contributed by atoms with E-state index in [1.165, 1.54) is 13.2 Å². The smallest absolute Gasteiger partial charge is 0.147 e. The minimum absolute atomic E-state index is 0.112. The molecule has 0 aliphatic heterocycles. The summed E-state index contributed by atoms with van der Waals surface area (Å²) in [7, 11) is 1.53. The lowest BCUT2D eigenvalue weighted by Crippen LogP contribution is -2.50. The molecule has 1 N–H and O–H groups in total. The Morgan fingerprint density at radius 1 is 1.47 bits per heavy atom. The molecule has 1 rings (SSSR count). The molecule has 0 spiro atoms. The molecule has 4 nitrogen and oxygen atoms in total. The molecule has 0 bridgehead atoms. The highest BCUT2D eigenvalue weighted by molar-refractivity contribution is 5.47. The summed E-state index contributed by atoms with van der Waals surface area (Å²) in [5.41, 5.74) is -1.31. The minimum Gasteiger partial charge on any atom is -0.390 e. The van der Waals surface area contributed by atoms with E-state index in [0.29, 0.717) is 0 Å². The van der Waals surface area contributed by atoms with Gasteiger partial charge >= 0.3 is 0 Å². The van der Waals surface area contributed by atoms with Gasteiger partial charge < -0.3 is 14.6 Å². The fraction of sp³-hybridized carbons (Fsp3) is 0.846. The van der Waals surface area contributed by atoms with E-state index in [9.17, 15) is 9.90 Å². The Morgan fingerprint density at radius 3 is 2.47 bits per heavy atom. The minimum atomic E-state index is -0.894. The highest BCUT2D eigenvalue weighted by atomic mass is 16.7. The fourth-order valence-electron chi connectivity index (χ4n) is 2.82. The summed E-state index contributed by atoms with van der Waals surface area (Å²) in [6, 6.07) is 0. The van der Waals surface area contributed by atoms with Gasteiger partial charge in [0, 0.05) is 18.6 Å². The van der Waals surface area contributed by atoms with Crippen LogP contribution >= 0.6 is 0 Å². The SMILES string of the molecule is COCOC(C=C=O)C1(C(C)(C)O)CCCC1. The normalized spacial score (nSPS) is 20.9. The van der Waals surface area contributed by atoms with Gasteiger partial charge in [-0.15, -0.1) is 0 Å². The Labute approximate surface area is 103 Å². The molecule has 0 amide bonds. The highest BCUT2D eigenvalue weighted by Crippen LogP contribution is 2.50. The van der Waals surface area contributed by atoms with Crippen molar-refractivity contribution < 1.29 is 19.4 Å². The van der Waals surface area contributed by atoms with Crippen molar-refractivity contribution in [3.8, 4) is 0 Å². The van der Waals surface area contributed by atoms with Gasteiger partial charge in [0.25, 0.3) is 0 Å². The molecule has 0 aromatic rings. The molecular weight excluding hydrogens is 220 g/mol. The molecule has 1 fully saturated rings. The van der Waals surface area contributed by atoms with Gasteiger partial charge in [-0.3, -0.25) is 0 Å². The Bertz CT molecular complexity index is 280. The highest BCUT2D eigenvalue weighted by Gasteiger charge is 2.51. The molecule has 98 valence electrons. The predicted molar refractivity (Wildman–Crippen MR) is 64.2 cm³/mol. The van der Waals surface area contributed by atoms with E-state index in [2.05, 4.69) is 0 Å². The van der Waals surface area contributed by atoms with E-state index < -0.39 is 17.1 Å². The van der Waals surface area contributed by atoms with Crippen LogP contribution in [-0.4, -0.2) is 36.7 Å². The van der Waals surface area contributed by atoms with Crippen molar-refractivity contribution in [3.63, 3.8) is 0 Å². The first-order valence-electron chi connectivity index (χ1n) is 6.02. The van der Waals surface area contributed by atoms with Crippen molar-refractivity contribution >= 4 is 5.94 Å². The van der Waals surface area contributed by atoms with Crippen molar-refractivity contribution in [2.75, 3.05) is 13.9 Å². The van der Waals surface area contributed by atoms with Gasteiger partial charge in [0.05, 0.1) is 11.7 Å². The average Bonchev–Trinajstić information content (AvgIpc) is 2.73. The molecular formula is C13H22O4. The van der Waals surface area contributed by atoms with E-state index in [0.717, 1.165) is 25.7 Å². The van der Waals surface area contributed by atoms with Gasteiger partial charge in [0.1, 0.15) is 12.7 Å². The number of methoxy groups -OCH3 is 1. The summed E-state index contributed by atoms with van der Waals surface area (Å²) in [6.45, 7) is 3.67. The topological polar surface area (TPSA) is 55.8 Å². The number of ether oxygens (including phenoxy) is 2. The van der Waals surface area contributed by atoms with Gasteiger partial charge in [0.2, 0.25) is 0 Å². The van der Waals surface area contributed by atoms with Crippen LogP contribution < -0.4 is 0 Å². The molecule has 1 aliphatic rings. The van der Waals surface area contributed by atoms with Crippen LogP contribution in [0.5, 0.6) is 0 Å². The van der Waals surface area contributed by atoms with E-state index in [-0.39, 0.29) is 6.79 Å². The van der Waals surface area contributed by atoms with Crippen molar-refractivity contribution in [2.45, 2.75) is 51.2 Å². The van der Waals surface area contributed by atoms with E-state index in [1.54, 1.807) is 19.8 Å². The molecule has 4 heteroatoms. The predicted octanol–water partition coefficient (Wildman–Crippen LogP) is 1.69. The quantitative estimate of drug-likeness (QED) is 0.569. The van der Waals surface area contributed by atoms with Gasteiger partial charge in [-0.2, -0.15) is 0 Å². The zero-order valence-electron chi connectivity index (χ0n) is 10.9. The van der Waals surface area contributed by atoms with E-state index in [1.807, 2.05) is 0 Å². The van der Waals surface area contributed by atoms with E-state index in [4.69, 9.17) is 9.47 Å². The summed E-state index contributed by atoms with van der Waals surface area (Å²) < 4.78 is 10.4. The van der Waals surface area contributed by atoms with E-state index >= 15 is 0 Å². The number of aliphatic hydroxyl groups is 1. The van der Waals surface area contributed by atoms with Crippen LogP contribution in [0.4, 0.5) is 0 Å². The van der Waals surface area contributed by atoms with Crippen LogP contribution in [-0.2, 0) is 14.3 Å². The second-order valence-corrected chi connectivity index (χ2v) is 5.20. The summed E-state index contributed by atoms with van der Waals surface area (Å²) in [6.07, 6.45) is 4.71. The van der Waals surface area contributed by atoms with Gasteiger partial charge in [0.15, 0.2) is 0 Å². The lowest BCUT2D eigenvalue weighted by molar-refractivity contribution is -0.158. The third kappa shape index (κ3) is 2.96. The third-order valence-electron chi connectivity index (χ3n) is 3.84. The van der Waals surface area contributed by atoms with Crippen LogP contribution in [0.3, 0.4) is 0 Å². The molecule has 0 aromatic carbocycles. The number of carbonyl (C=O) groups excluding carboxylic acids is 1. The summed E-state index contributed by atoms with van der Waals surface area (Å²) >= 11 is 0. The average molecular weight is 242 g/mol. The standard InChI is InChI=1S/C13H22O4/c1-12(2,15)13(7-4-5-8-13)11(6-9-14)17-10-16-3/h6,11,15H,4-5,7-8,10H2,1-3H3. The van der Waals surface area contributed by atoms with Gasteiger partial charge in [-0.05, 0) is 26.7 Å². The number of hydrogen-bond acceptors (Lipinski definition) is 4. The molecule has 1 atom stereocenters. The van der Waals surface area contributed by atoms with Gasteiger partial charge in [-0.1, -0.05) is 12.8 Å². The Hall–Kier alpha value is -0.670. The largest absolute Gasteiger partial charge is 0.390 e. The van der Waals surface area contributed by atoms with Crippen LogP contribution in [0, 0.1) is 5.41 Å². The lowest BCUT2D eigenvalue weighted by atomic mass is 9.68. The van der Waals surface area contributed by atoms with Crippen LogP contribution in [0.25, 0.3) is 0 Å². The Morgan fingerprint density at radius 2 is 2.06 bits per heavy atom. The molecule has 17 heavy (non-hydrogen) atoms. The first-order chi connectivity index (χ1) is 7.98. The molecule has 1 aliphatic carbocycles. The van der Waals surface area contributed by atoms with Crippen LogP contribution in [0.15, 0.2) is 6.08 Å². The third-order valence-corrected chi connectivity index (χ3v) is 3.84. The van der Waals surface area contributed by atoms with Crippen LogP contribution in [0.1, 0.15) is 39.5 Å². The molecule has 1 saturated carbocycles. The monoisotopic (exact) mass is 242 g/mol. The van der Waals surface area contributed by atoms with Crippen molar-refractivity contribution in [1.82, 2.24) is 0 Å². The van der Waals surface area contributed by atoms with Crippen molar-refractivity contribution in [3.05, 3.63) is 6.08 Å². The fourth-order valence-corrected chi connectivity index (χ4v) is 2.82. The zero-order valence-corrected chi connectivity index (χ0v) is 10.9. The number of rotatable bonds is 6. The maximum Gasteiger partial charge on any atom is 0.147 e. The van der Waals surface area contributed by atoms with Crippen molar-refractivity contribution in [2.24, 2.45) is 5.41 Å². The molecule has 0 saturated heterocycles. The second kappa shape index (κ2) is 5.78. The Balaban J connectivity index is 2.96. The molecule has 0 radical (unpaired) electrons. The second-order valence-electron chi connectivity index (χ2n) is 5.20. The lowest BCUT2D eigenvalue weighted by Gasteiger charge is -2.44. The maximum absolute atomic E-state index is 10.6. The molecule has 0 aromatic heterocycles. The van der Waals surface area contributed by atoms with Gasteiger partial charge in [-0.25, -0.2) is 4.79 Å². The maximum atomic E-state index is 10.6. The summed E-state index contributed by atoms with van der Waals surface area (Å²) in [4.78, 5) is 10.6. The molecule has 1 unspecified atom stereocenters. The van der Waals surface area contributed by atoms with Crippen molar-refractivity contribution in [1.29, 1.82) is 0 Å². The zero-order chi connectivity index (χ0) is 12.9. The first-order valence-corrected chi connectivity index (χ1v) is 6.02.